The molecule has 29 heavy (non-hydrogen) atoms. The first-order valence-electron chi connectivity index (χ1n) is 9.86. The summed E-state index contributed by atoms with van der Waals surface area (Å²) < 4.78 is 10.7. The van der Waals surface area contributed by atoms with Crippen molar-refractivity contribution < 1.29 is 19.1 Å². The van der Waals surface area contributed by atoms with Crippen LogP contribution in [0.1, 0.15) is 18.4 Å². The largest absolute Gasteiger partial charge is 0.454 e. The molecule has 150 valence electrons. The second-order valence-corrected chi connectivity index (χ2v) is 8.15. The summed E-state index contributed by atoms with van der Waals surface area (Å²) in [6, 6.07) is 13.0. The summed E-state index contributed by atoms with van der Waals surface area (Å²) in [7, 11) is 0. The number of anilines is 2. The molecule has 7 heteroatoms. The zero-order chi connectivity index (χ0) is 20.0. The molecule has 2 aliphatic heterocycles. The number of carbonyl (C=O) groups excluding carboxylic acids is 2. The molecule has 7 nitrogen and oxygen atoms in total. The second-order valence-electron chi connectivity index (χ2n) is 8.15. The molecule has 1 aliphatic carbocycles. The van der Waals surface area contributed by atoms with Gasteiger partial charge in [0.15, 0.2) is 11.5 Å². The van der Waals surface area contributed by atoms with Gasteiger partial charge in [0.2, 0.25) is 12.7 Å². The fourth-order valence-electron chi connectivity index (χ4n) is 4.37. The minimum absolute atomic E-state index is 0.00445. The molecule has 2 heterocycles. The van der Waals surface area contributed by atoms with E-state index in [2.05, 4.69) is 10.6 Å². The van der Waals surface area contributed by atoms with Crippen molar-refractivity contribution in [2.45, 2.75) is 19.8 Å². The molecule has 2 fully saturated rings. The van der Waals surface area contributed by atoms with E-state index in [1.807, 2.05) is 42.2 Å². The van der Waals surface area contributed by atoms with Crippen LogP contribution in [0, 0.1) is 18.3 Å². The first-order chi connectivity index (χ1) is 14.0. The number of hydrogen-bond donors (Lipinski definition) is 2. The Morgan fingerprint density at radius 2 is 1.90 bits per heavy atom. The van der Waals surface area contributed by atoms with Gasteiger partial charge in [-0.2, -0.15) is 0 Å². The third kappa shape index (κ3) is 3.37. The van der Waals surface area contributed by atoms with Gasteiger partial charge in [-0.3, -0.25) is 4.79 Å². The second kappa shape index (κ2) is 6.69. The SMILES string of the molecule is Cc1cccc(NC(=O)N2CC[C@]3(C[C@@H]3C(=O)Nc3ccc4c(c3)OCO4)C2)c1. The summed E-state index contributed by atoms with van der Waals surface area (Å²) in [5, 5.41) is 5.94. The molecular weight excluding hydrogens is 370 g/mol. The van der Waals surface area contributed by atoms with Gasteiger partial charge in [0.1, 0.15) is 0 Å². The van der Waals surface area contributed by atoms with Gasteiger partial charge in [-0.1, -0.05) is 12.1 Å². The van der Waals surface area contributed by atoms with E-state index in [9.17, 15) is 9.59 Å². The lowest BCUT2D eigenvalue weighted by atomic mass is 10.0. The van der Waals surface area contributed by atoms with Crippen molar-refractivity contribution in [2.24, 2.45) is 11.3 Å². The number of ether oxygens (including phenoxy) is 2. The molecule has 2 N–H and O–H groups in total. The molecule has 3 amide bonds. The number of fused-ring (bicyclic) bond motifs is 1. The number of likely N-dealkylation sites (tertiary alicyclic amines) is 1. The number of aryl methyl sites for hydroxylation is 1. The minimum atomic E-state index is -0.102. The molecule has 1 saturated carbocycles. The molecule has 2 atom stereocenters. The van der Waals surface area contributed by atoms with Crippen molar-refractivity contribution in [3.8, 4) is 11.5 Å². The lowest BCUT2D eigenvalue weighted by Gasteiger charge is -2.18. The maximum Gasteiger partial charge on any atom is 0.321 e. The average molecular weight is 393 g/mol. The summed E-state index contributed by atoms with van der Waals surface area (Å²) in [5.74, 6) is 1.28. The van der Waals surface area contributed by atoms with Gasteiger partial charge in [0, 0.05) is 41.9 Å². The van der Waals surface area contributed by atoms with Gasteiger partial charge in [0.25, 0.3) is 0 Å². The lowest BCUT2D eigenvalue weighted by Crippen LogP contribution is -2.33. The minimum Gasteiger partial charge on any atom is -0.454 e. The van der Waals surface area contributed by atoms with Gasteiger partial charge in [-0.25, -0.2) is 4.79 Å². The van der Waals surface area contributed by atoms with Gasteiger partial charge in [-0.05, 0) is 49.6 Å². The predicted octanol–water partition coefficient (Wildman–Crippen LogP) is 3.61. The Labute approximate surface area is 169 Å². The molecular formula is C22H23N3O4. The highest BCUT2D eigenvalue weighted by atomic mass is 16.7. The van der Waals surface area contributed by atoms with Crippen LogP contribution in [0.5, 0.6) is 11.5 Å². The van der Waals surface area contributed by atoms with Crippen LogP contribution in [0.4, 0.5) is 16.2 Å². The molecule has 5 rings (SSSR count). The van der Waals surface area contributed by atoms with Gasteiger partial charge in [0.05, 0.1) is 0 Å². The number of rotatable bonds is 3. The molecule has 2 aromatic carbocycles. The van der Waals surface area contributed by atoms with Crippen LogP contribution in [-0.4, -0.2) is 36.7 Å². The summed E-state index contributed by atoms with van der Waals surface area (Å²) in [5.41, 5.74) is 2.50. The van der Waals surface area contributed by atoms with Crippen LogP contribution < -0.4 is 20.1 Å². The number of urea groups is 1. The van der Waals surface area contributed by atoms with Crippen molar-refractivity contribution in [2.75, 3.05) is 30.5 Å². The number of hydrogen-bond acceptors (Lipinski definition) is 4. The molecule has 2 aromatic rings. The first kappa shape index (κ1) is 17.8. The maximum absolute atomic E-state index is 12.7. The number of nitrogens with zero attached hydrogens (tertiary/aromatic N) is 1. The summed E-state index contributed by atoms with van der Waals surface area (Å²) >= 11 is 0. The highest BCUT2D eigenvalue weighted by molar-refractivity contribution is 5.96. The number of amides is 3. The van der Waals surface area contributed by atoms with E-state index in [1.54, 1.807) is 12.1 Å². The van der Waals surface area contributed by atoms with Gasteiger partial charge in [-0.15, -0.1) is 0 Å². The van der Waals surface area contributed by atoms with E-state index < -0.39 is 0 Å². The monoisotopic (exact) mass is 393 g/mol. The smallest absolute Gasteiger partial charge is 0.321 e. The van der Waals surface area contributed by atoms with Crippen molar-refractivity contribution in [1.82, 2.24) is 4.90 Å². The van der Waals surface area contributed by atoms with Crippen molar-refractivity contribution in [3.05, 3.63) is 48.0 Å². The highest BCUT2D eigenvalue weighted by Crippen LogP contribution is 2.58. The molecule has 0 unspecified atom stereocenters. The van der Waals surface area contributed by atoms with E-state index in [1.165, 1.54) is 0 Å². The summed E-state index contributed by atoms with van der Waals surface area (Å²) in [6.45, 7) is 3.49. The van der Waals surface area contributed by atoms with E-state index in [0.717, 1.165) is 24.1 Å². The van der Waals surface area contributed by atoms with E-state index in [4.69, 9.17) is 9.47 Å². The summed E-state index contributed by atoms with van der Waals surface area (Å²) in [4.78, 5) is 27.2. The van der Waals surface area contributed by atoms with Crippen molar-refractivity contribution >= 4 is 23.3 Å². The van der Waals surface area contributed by atoms with Gasteiger partial charge < -0.3 is 25.0 Å². The Balaban J connectivity index is 1.18. The van der Waals surface area contributed by atoms with Crippen LogP contribution in [0.3, 0.4) is 0 Å². The van der Waals surface area contributed by atoms with E-state index >= 15 is 0 Å². The third-order valence-corrected chi connectivity index (χ3v) is 6.09. The van der Waals surface area contributed by atoms with Crippen LogP contribution in [0.15, 0.2) is 42.5 Å². The van der Waals surface area contributed by atoms with Crippen LogP contribution >= 0.6 is 0 Å². The Morgan fingerprint density at radius 1 is 1.07 bits per heavy atom. The molecule has 1 spiro atoms. The molecule has 0 bridgehead atoms. The van der Waals surface area contributed by atoms with Crippen molar-refractivity contribution in [1.29, 1.82) is 0 Å². The van der Waals surface area contributed by atoms with Gasteiger partial charge >= 0.3 is 6.03 Å². The molecule has 0 radical (unpaired) electrons. The maximum atomic E-state index is 12.7. The molecule has 3 aliphatic rings. The Bertz CT molecular complexity index is 992. The van der Waals surface area contributed by atoms with E-state index in [0.29, 0.717) is 30.3 Å². The third-order valence-electron chi connectivity index (χ3n) is 6.09. The average Bonchev–Trinajstić information content (AvgIpc) is 3.01. The first-order valence-corrected chi connectivity index (χ1v) is 9.86. The predicted molar refractivity (Wildman–Crippen MR) is 108 cm³/mol. The van der Waals surface area contributed by atoms with Crippen LogP contribution in [0.25, 0.3) is 0 Å². The highest BCUT2D eigenvalue weighted by Gasteiger charge is 2.61. The van der Waals surface area contributed by atoms with Crippen LogP contribution in [-0.2, 0) is 4.79 Å². The topological polar surface area (TPSA) is 79.9 Å². The number of carbonyl (C=O) groups is 2. The quantitative estimate of drug-likeness (QED) is 0.835. The molecule has 0 aromatic heterocycles. The number of nitrogens with one attached hydrogen (secondary N) is 2. The number of benzene rings is 2. The standard InChI is InChI=1S/C22H23N3O4/c1-14-3-2-4-15(9-14)24-21(27)25-8-7-22(12-25)11-17(22)20(26)23-16-5-6-18-19(10-16)29-13-28-18/h2-6,9-10,17H,7-8,11-13H2,1H3,(H,23,26)(H,24,27)/t17-,22+/m1/s1. The van der Waals surface area contributed by atoms with Crippen LogP contribution in [0.2, 0.25) is 0 Å². The molecule has 1 saturated heterocycles. The normalized spacial score (nSPS) is 23.9. The summed E-state index contributed by atoms with van der Waals surface area (Å²) in [6.07, 6.45) is 1.67. The van der Waals surface area contributed by atoms with Crippen molar-refractivity contribution in [3.63, 3.8) is 0 Å². The Kier molecular flexibility index (Phi) is 4.12. The van der Waals surface area contributed by atoms with E-state index in [-0.39, 0.29) is 30.1 Å². The fraction of sp³-hybridized carbons (Fsp3) is 0.364. The Morgan fingerprint density at radius 3 is 2.76 bits per heavy atom. The Hall–Kier alpha value is -3.22. The zero-order valence-corrected chi connectivity index (χ0v) is 16.2. The lowest BCUT2D eigenvalue weighted by molar-refractivity contribution is -0.118. The fourth-order valence-corrected chi connectivity index (χ4v) is 4.37. The zero-order valence-electron chi connectivity index (χ0n) is 16.2.